The Morgan fingerprint density at radius 1 is 0.967 bits per heavy atom. The summed E-state index contributed by atoms with van der Waals surface area (Å²) in [4.78, 5) is 25.7. The van der Waals surface area contributed by atoms with E-state index < -0.39 is 18.0 Å². The number of amides is 1. The minimum Gasteiger partial charge on any atom is -0.506 e. The van der Waals surface area contributed by atoms with Crippen LogP contribution >= 0.6 is 55.1 Å². The number of nitrogens with one attached hydrogen (secondary N) is 1. The van der Waals surface area contributed by atoms with Crippen LogP contribution in [0.4, 0.5) is 5.69 Å². The molecule has 0 bridgehead atoms. The number of aromatic hydroxyl groups is 1. The number of ether oxygens (including phenoxy) is 1. The van der Waals surface area contributed by atoms with Crippen molar-refractivity contribution in [3.8, 4) is 5.75 Å². The SMILES string of the molecule is O=C(OC(C(=O)Nc1cc(Cl)cc(Cl)c1)c1ccccc1)c1cc(Br)cc(Br)c1O. The first kappa shape index (κ1) is 22.6. The van der Waals surface area contributed by atoms with Gasteiger partial charge in [-0.3, -0.25) is 4.79 Å². The first-order valence-corrected chi connectivity index (χ1v) is 10.8. The first-order valence-electron chi connectivity index (χ1n) is 8.45. The molecule has 0 aliphatic heterocycles. The van der Waals surface area contributed by atoms with Crippen molar-refractivity contribution in [3.05, 3.63) is 90.8 Å². The summed E-state index contributed by atoms with van der Waals surface area (Å²) in [6.07, 6.45) is -1.28. The topological polar surface area (TPSA) is 75.6 Å². The summed E-state index contributed by atoms with van der Waals surface area (Å²) in [5.74, 6) is -1.78. The fraction of sp³-hybridized carbons (Fsp3) is 0.0476. The molecule has 30 heavy (non-hydrogen) atoms. The number of phenols is 1. The van der Waals surface area contributed by atoms with Crippen LogP contribution in [-0.2, 0) is 9.53 Å². The quantitative estimate of drug-likeness (QED) is 0.331. The number of carbonyl (C=O) groups is 2. The van der Waals surface area contributed by atoms with Gasteiger partial charge in [-0.25, -0.2) is 4.79 Å². The minimum atomic E-state index is -1.28. The highest BCUT2D eigenvalue weighted by atomic mass is 79.9. The number of halogens is 4. The summed E-state index contributed by atoms with van der Waals surface area (Å²) in [5.41, 5.74) is 0.698. The summed E-state index contributed by atoms with van der Waals surface area (Å²) in [6, 6.07) is 16.1. The van der Waals surface area contributed by atoms with Gasteiger partial charge in [0, 0.05) is 25.8 Å². The highest BCUT2D eigenvalue weighted by Gasteiger charge is 2.28. The standard InChI is InChI=1S/C21H13Br2Cl2NO4/c22-12-6-16(18(27)17(23)7-12)21(29)30-19(11-4-2-1-3-5-11)20(28)26-15-9-13(24)8-14(25)10-15/h1-10,19,27H,(H,26,28). The zero-order valence-electron chi connectivity index (χ0n) is 15.0. The second-order valence-electron chi connectivity index (χ2n) is 6.13. The summed E-state index contributed by atoms with van der Waals surface area (Å²) < 4.78 is 6.34. The zero-order valence-corrected chi connectivity index (χ0v) is 19.7. The maximum Gasteiger partial charge on any atom is 0.343 e. The van der Waals surface area contributed by atoms with Crippen LogP contribution in [-0.4, -0.2) is 17.0 Å². The Hall–Kier alpha value is -2.06. The molecule has 0 aliphatic carbocycles. The van der Waals surface area contributed by atoms with Crippen LogP contribution in [0.3, 0.4) is 0 Å². The molecule has 0 spiro atoms. The summed E-state index contributed by atoms with van der Waals surface area (Å²) >= 11 is 18.4. The number of benzene rings is 3. The van der Waals surface area contributed by atoms with E-state index in [4.69, 9.17) is 27.9 Å². The lowest BCUT2D eigenvalue weighted by atomic mass is 10.1. The van der Waals surface area contributed by atoms with Gasteiger partial charge >= 0.3 is 5.97 Å². The van der Waals surface area contributed by atoms with E-state index in [2.05, 4.69) is 37.2 Å². The fourth-order valence-electron chi connectivity index (χ4n) is 2.63. The van der Waals surface area contributed by atoms with Crippen LogP contribution in [0.25, 0.3) is 0 Å². The molecule has 2 N–H and O–H groups in total. The van der Waals surface area contributed by atoms with Crippen molar-refractivity contribution in [2.45, 2.75) is 6.10 Å². The van der Waals surface area contributed by atoms with E-state index in [0.29, 0.717) is 30.2 Å². The van der Waals surface area contributed by atoms with E-state index in [0.717, 1.165) is 0 Å². The lowest BCUT2D eigenvalue weighted by Gasteiger charge is -2.19. The summed E-state index contributed by atoms with van der Waals surface area (Å²) in [5, 5.41) is 13.5. The Balaban J connectivity index is 1.92. The largest absolute Gasteiger partial charge is 0.506 e. The van der Waals surface area contributed by atoms with Gasteiger partial charge in [0.15, 0.2) is 0 Å². The Bertz CT molecular complexity index is 1090. The van der Waals surface area contributed by atoms with E-state index in [9.17, 15) is 14.7 Å². The second-order valence-corrected chi connectivity index (χ2v) is 8.77. The van der Waals surface area contributed by atoms with Gasteiger partial charge in [-0.1, -0.05) is 69.5 Å². The molecular formula is C21H13Br2Cl2NO4. The van der Waals surface area contributed by atoms with E-state index in [1.165, 1.54) is 24.3 Å². The van der Waals surface area contributed by atoms with E-state index in [-0.39, 0.29) is 11.3 Å². The first-order chi connectivity index (χ1) is 14.2. The van der Waals surface area contributed by atoms with Crippen LogP contribution in [0, 0.1) is 0 Å². The van der Waals surface area contributed by atoms with Crippen molar-refractivity contribution >= 4 is 72.6 Å². The number of phenolic OH excluding ortho intramolecular Hbond substituents is 1. The van der Waals surface area contributed by atoms with E-state index in [1.54, 1.807) is 36.4 Å². The van der Waals surface area contributed by atoms with Gasteiger partial charge in [0.25, 0.3) is 5.91 Å². The van der Waals surface area contributed by atoms with Crippen LogP contribution in [0.2, 0.25) is 10.0 Å². The van der Waals surface area contributed by atoms with Gasteiger partial charge in [0.05, 0.1) is 4.47 Å². The van der Waals surface area contributed by atoms with Crippen LogP contribution in [0.1, 0.15) is 22.0 Å². The number of anilines is 1. The highest BCUT2D eigenvalue weighted by molar-refractivity contribution is 9.11. The van der Waals surface area contributed by atoms with Crippen molar-refractivity contribution < 1.29 is 19.4 Å². The molecule has 0 saturated heterocycles. The molecule has 3 aromatic rings. The maximum absolute atomic E-state index is 13.0. The van der Waals surface area contributed by atoms with Crippen molar-refractivity contribution in [1.82, 2.24) is 0 Å². The molecule has 0 saturated carbocycles. The summed E-state index contributed by atoms with van der Waals surface area (Å²) in [6.45, 7) is 0. The molecule has 1 unspecified atom stereocenters. The monoisotopic (exact) mass is 571 g/mol. The van der Waals surface area contributed by atoms with Gasteiger partial charge in [-0.15, -0.1) is 0 Å². The number of hydrogen-bond acceptors (Lipinski definition) is 4. The van der Waals surface area contributed by atoms with Gasteiger partial charge in [0.1, 0.15) is 11.3 Å². The number of hydrogen-bond donors (Lipinski definition) is 2. The predicted molar refractivity (Wildman–Crippen MR) is 123 cm³/mol. The van der Waals surface area contributed by atoms with Crippen LogP contribution in [0.5, 0.6) is 5.75 Å². The Morgan fingerprint density at radius 2 is 1.60 bits per heavy atom. The third-order valence-electron chi connectivity index (χ3n) is 3.94. The molecule has 0 radical (unpaired) electrons. The molecule has 3 aromatic carbocycles. The lowest BCUT2D eigenvalue weighted by molar-refractivity contribution is -0.125. The zero-order chi connectivity index (χ0) is 21.8. The molecule has 0 heterocycles. The fourth-order valence-corrected chi connectivity index (χ4v) is 4.38. The Kier molecular flexibility index (Phi) is 7.41. The van der Waals surface area contributed by atoms with Gasteiger partial charge < -0.3 is 15.2 Å². The van der Waals surface area contributed by atoms with Crippen LogP contribution < -0.4 is 5.32 Å². The van der Waals surface area contributed by atoms with Gasteiger partial charge in [-0.05, 0) is 46.3 Å². The molecule has 1 atom stereocenters. The molecule has 154 valence electrons. The molecule has 5 nitrogen and oxygen atoms in total. The summed E-state index contributed by atoms with van der Waals surface area (Å²) in [7, 11) is 0. The average Bonchev–Trinajstić information content (AvgIpc) is 2.68. The molecule has 0 aromatic heterocycles. The van der Waals surface area contributed by atoms with E-state index >= 15 is 0 Å². The van der Waals surface area contributed by atoms with Gasteiger partial charge in [0.2, 0.25) is 6.10 Å². The third-order valence-corrected chi connectivity index (χ3v) is 5.44. The minimum absolute atomic E-state index is 0.101. The second kappa shape index (κ2) is 9.83. The smallest absolute Gasteiger partial charge is 0.343 e. The Morgan fingerprint density at radius 3 is 2.23 bits per heavy atom. The van der Waals surface area contributed by atoms with Gasteiger partial charge in [-0.2, -0.15) is 0 Å². The normalized spacial score (nSPS) is 11.6. The molecule has 3 rings (SSSR count). The maximum atomic E-state index is 13.0. The number of esters is 1. The predicted octanol–water partition coefficient (Wildman–Crippen LogP) is 6.76. The van der Waals surface area contributed by atoms with Crippen molar-refractivity contribution in [2.24, 2.45) is 0 Å². The molecule has 9 heteroatoms. The molecule has 0 aliphatic rings. The molecule has 1 amide bonds. The number of carbonyl (C=O) groups excluding carboxylic acids is 2. The molecule has 0 fully saturated rings. The average molecular weight is 574 g/mol. The van der Waals surface area contributed by atoms with Crippen molar-refractivity contribution in [2.75, 3.05) is 5.32 Å². The number of rotatable bonds is 5. The van der Waals surface area contributed by atoms with Crippen molar-refractivity contribution in [1.29, 1.82) is 0 Å². The highest BCUT2D eigenvalue weighted by Crippen LogP contribution is 2.33. The Labute approximate surface area is 199 Å². The van der Waals surface area contributed by atoms with Crippen LogP contribution in [0.15, 0.2) is 69.6 Å². The van der Waals surface area contributed by atoms with E-state index in [1.807, 2.05) is 0 Å². The lowest BCUT2D eigenvalue weighted by Crippen LogP contribution is -2.26. The van der Waals surface area contributed by atoms with Crippen molar-refractivity contribution in [3.63, 3.8) is 0 Å². The third kappa shape index (κ3) is 5.55. The molecular weight excluding hydrogens is 561 g/mol.